The number of piperidine rings is 1. The van der Waals surface area contributed by atoms with Crippen LogP contribution in [0.4, 0.5) is 0 Å². The van der Waals surface area contributed by atoms with E-state index in [1.54, 1.807) is 19.4 Å². The number of ether oxygens (including phenoxy) is 1. The number of carboxylic acid groups (broad SMARTS) is 1. The second kappa shape index (κ2) is 13.1. The molecule has 2 aromatic heterocycles. The van der Waals surface area contributed by atoms with E-state index < -0.39 is 5.97 Å². The molecule has 0 saturated carbocycles. The largest absolute Gasteiger partial charge is 0.477 e. The molecule has 8 heteroatoms. The zero-order valence-electron chi connectivity index (χ0n) is 23.8. The minimum atomic E-state index is -1.03. The molecular formula is C33H38N4O4. The number of fused-ring (bicyclic) bond motifs is 1. The van der Waals surface area contributed by atoms with Crippen molar-refractivity contribution < 1.29 is 19.4 Å². The van der Waals surface area contributed by atoms with Crippen molar-refractivity contribution in [1.82, 2.24) is 19.4 Å². The lowest BCUT2D eigenvalue weighted by Gasteiger charge is -2.33. The SMILES string of the molecule is COCCCn1c([C@@H]2CCCN(C(=O)C[C@H](C)Cc3ccc(-c4ccc(C(=O)O)nc4)cc3)C2)nc2ccccc21. The van der Waals surface area contributed by atoms with E-state index in [2.05, 4.69) is 46.8 Å². The minimum absolute atomic E-state index is 0.0321. The number of aromatic carboxylic acids is 1. The van der Waals surface area contributed by atoms with E-state index in [4.69, 9.17) is 14.8 Å². The van der Waals surface area contributed by atoms with Gasteiger partial charge < -0.3 is 19.3 Å². The molecular weight excluding hydrogens is 516 g/mol. The molecule has 4 aromatic rings. The number of hydrogen-bond acceptors (Lipinski definition) is 5. The number of carbonyl (C=O) groups excluding carboxylic acids is 1. The normalized spacial score (nSPS) is 16.1. The lowest BCUT2D eigenvalue weighted by atomic mass is 9.93. The molecule has 1 aliphatic rings. The van der Waals surface area contributed by atoms with Crippen LogP contribution in [0.2, 0.25) is 0 Å². The third-order valence-corrected chi connectivity index (χ3v) is 7.93. The number of benzene rings is 2. The molecule has 1 N–H and O–H groups in total. The Morgan fingerprint density at radius 2 is 1.85 bits per heavy atom. The van der Waals surface area contributed by atoms with Crippen molar-refractivity contribution in [2.45, 2.75) is 51.5 Å². The highest BCUT2D eigenvalue weighted by atomic mass is 16.5. The lowest BCUT2D eigenvalue weighted by Crippen LogP contribution is -2.40. The number of methoxy groups -OCH3 is 1. The van der Waals surface area contributed by atoms with E-state index in [9.17, 15) is 9.59 Å². The summed E-state index contributed by atoms with van der Waals surface area (Å²) in [6, 6.07) is 19.8. The van der Waals surface area contributed by atoms with Gasteiger partial charge in [-0.3, -0.25) is 4.79 Å². The Balaban J connectivity index is 1.19. The number of aromatic nitrogens is 3. The first-order valence-corrected chi connectivity index (χ1v) is 14.4. The summed E-state index contributed by atoms with van der Waals surface area (Å²) in [5, 5.41) is 9.05. The number of imidazole rings is 1. The molecule has 1 saturated heterocycles. The Morgan fingerprint density at radius 3 is 2.59 bits per heavy atom. The van der Waals surface area contributed by atoms with Crippen LogP contribution >= 0.6 is 0 Å². The molecule has 5 rings (SSSR count). The summed E-state index contributed by atoms with van der Waals surface area (Å²) in [4.78, 5) is 35.5. The third-order valence-electron chi connectivity index (χ3n) is 7.93. The summed E-state index contributed by atoms with van der Waals surface area (Å²) in [6.07, 6.45) is 5.85. The van der Waals surface area contributed by atoms with E-state index in [1.807, 2.05) is 23.1 Å². The van der Waals surface area contributed by atoms with Crippen molar-refractivity contribution >= 4 is 22.9 Å². The molecule has 3 heterocycles. The number of amides is 1. The summed E-state index contributed by atoms with van der Waals surface area (Å²) in [5.74, 6) is 0.702. The highest BCUT2D eigenvalue weighted by Gasteiger charge is 2.29. The first-order valence-electron chi connectivity index (χ1n) is 14.4. The first-order chi connectivity index (χ1) is 19.9. The molecule has 1 aliphatic heterocycles. The number of carbonyl (C=O) groups is 2. The summed E-state index contributed by atoms with van der Waals surface area (Å²) >= 11 is 0. The van der Waals surface area contributed by atoms with Crippen molar-refractivity contribution in [1.29, 1.82) is 0 Å². The molecule has 0 aliphatic carbocycles. The van der Waals surface area contributed by atoms with E-state index in [-0.39, 0.29) is 23.4 Å². The number of carboxylic acids is 1. The molecule has 0 bridgehead atoms. The summed E-state index contributed by atoms with van der Waals surface area (Å²) in [5.41, 5.74) is 5.22. The topological polar surface area (TPSA) is 97.5 Å². The maximum Gasteiger partial charge on any atom is 0.354 e. The van der Waals surface area contributed by atoms with Gasteiger partial charge in [0.15, 0.2) is 0 Å². The van der Waals surface area contributed by atoms with E-state index in [1.165, 1.54) is 11.6 Å². The predicted octanol–water partition coefficient (Wildman–Crippen LogP) is 5.81. The predicted molar refractivity (Wildman–Crippen MR) is 159 cm³/mol. The quantitative estimate of drug-likeness (QED) is 0.235. The van der Waals surface area contributed by atoms with Crippen LogP contribution in [0, 0.1) is 5.92 Å². The Morgan fingerprint density at radius 1 is 1.07 bits per heavy atom. The second-order valence-corrected chi connectivity index (χ2v) is 11.1. The van der Waals surface area contributed by atoms with Crippen LogP contribution in [0.1, 0.15) is 60.4 Å². The molecule has 2 atom stereocenters. The van der Waals surface area contributed by atoms with E-state index in [0.717, 1.165) is 66.8 Å². The molecule has 8 nitrogen and oxygen atoms in total. The van der Waals surface area contributed by atoms with Crippen molar-refractivity contribution in [3.63, 3.8) is 0 Å². The standard InChI is InChI=1S/C33H38N4O4/c1-23(19-24-10-12-25(13-11-24)26-14-15-29(33(39)40)34-21-26)20-31(38)36-16-5-7-27(22-36)32-35-28-8-3-4-9-30(28)37(32)17-6-18-41-2/h3-4,8-15,21,23,27H,5-7,16-20,22H2,1-2H3,(H,39,40)/t23-,27-/m1/s1. The minimum Gasteiger partial charge on any atom is -0.477 e. The van der Waals surface area contributed by atoms with Gasteiger partial charge >= 0.3 is 5.97 Å². The van der Waals surface area contributed by atoms with Gasteiger partial charge in [-0.05, 0) is 60.9 Å². The maximum absolute atomic E-state index is 13.4. The van der Waals surface area contributed by atoms with Crippen LogP contribution in [0.5, 0.6) is 0 Å². The van der Waals surface area contributed by atoms with Crippen LogP contribution in [0.25, 0.3) is 22.2 Å². The van der Waals surface area contributed by atoms with Crippen LogP contribution in [0.15, 0.2) is 66.9 Å². The zero-order valence-corrected chi connectivity index (χ0v) is 23.8. The van der Waals surface area contributed by atoms with Crippen LogP contribution < -0.4 is 0 Å². The fourth-order valence-electron chi connectivity index (χ4n) is 5.85. The van der Waals surface area contributed by atoms with Gasteiger partial charge in [0.25, 0.3) is 0 Å². The van der Waals surface area contributed by atoms with Gasteiger partial charge in [-0.2, -0.15) is 0 Å². The highest BCUT2D eigenvalue weighted by molar-refractivity contribution is 5.85. The fourth-order valence-corrected chi connectivity index (χ4v) is 5.85. The smallest absolute Gasteiger partial charge is 0.354 e. The molecule has 0 spiro atoms. The number of likely N-dealkylation sites (tertiary alicyclic amines) is 1. The number of rotatable bonds is 11. The van der Waals surface area contributed by atoms with E-state index in [0.29, 0.717) is 19.6 Å². The average molecular weight is 555 g/mol. The molecule has 0 radical (unpaired) electrons. The van der Waals surface area contributed by atoms with Gasteiger partial charge in [0.1, 0.15) is 11.5 Å². The lowest BCUT2D eigenvalue weighted by molar-refractivity contribution is -0.133. The average Bonchev–Trinajstić information content (AvgIpc) is 3.36. The summed E-state index contributed by atoms with van der Waals surface area (Å²) in [6.45, 7) is 5.21. The van der Waals surface area contributed by atoms with Gasteiger partial charge in [0, 0.05) is 57.4 Å². The summed E-state index contributed by atoms with van der Waals surface area (Å²) in [7, 11) is 1.73. The van der Waals surface area contributed by atoms with Crippen LogP contribution in [-0.4, -0.2) is 63.2 Å². The number of hydrogen-bond donors (Lipinski definition) is 1. The third kappa shape index (κ3) is 6.82. The number of para-hydroxylation sites is 2. The van der Waals surface area contributed by atoms with Crippen LogP contribution in [-0.2, 0) is 22.5 Å². The molecule has 1 amide bonds. The van der Waals surface area contributed by atoms with Crippen molar-refractivity contribution in [2.24, 2.45) is 5.92 Å². The van der Waals surface area contributed by atoms with Gasteiger partial charge in [-0.15, -0.1) is 0 Å². The second-order valence-electron chi connectivity index (χ2n) is 11.1. The summed E-state index contributed by atoms with van der Waals surface area (Å²) < 4.78 is 7.62. The Kier molecular flexibility index (Phi) is 9.09. The van der Waals surface area contributed by atoms with Gasteiger partial charge in [0.05, 0.1) is 11.0 Å². The monoisotopic (exact) mass is 554 g/mol. The number of aryl methyl sites for hydroxylation is 1. The number of nitrogens with zero attached hydrogens (tertiary/aromatic N) is 4. The van der Waals surface area contributed by atoms with Crippen molar-refractivity contribution in [3.05, 3.63) is 83.9 Å². The molecule has 214 valence electrons. The van der Waals surface area contributed by atoms with Crippen molar-refractivity contribution in [2.75, 3.05) is 26.8 Å². The van der Waals surface area contributed by atoms with Crippen molar-refractivity contribution in [3.8, 4) is 11.1 Å². The van der Waals surface area contributed by atoms with E-state index >= 15 is 0 Å². The number of pyridine rings is 1. The molecule has 1 fully saturated rings. The molecule has 2 aromatic carbocycles. The molecule has 41 heavy (non-hydrogen) atoms. The highest BCUT2D eigenvalue weighted by Crippen LogP contribution is 2.30. The first kappa shape index (κ1) is 28.5. The van der Waals surface area contributed by atoms with Gasteiger partial charge in [-0.1, -0.05) is 49.4 Å². The fraction of sp³-hybridized carbons (Fsp3) is 0.394. The maximum atomic E-state index is 13.4. The zero-order chi connectivity index (χ0) is 28.8. The van der Waals surface area contributed by atoms with Crippen LogP contribution in [0.3, 0.4) is 0 Å². The Hall–Kier alpha value is -4.04. The van der Waals surface area contributed by atoms with Gasteiger partial charge in [-0.25, -0.2) is 14.8 Å². The Bertz CT molecular complexity index is 1480. The molecule has 0 unspecified atom stereocenters. The van der Waals surface area contributed by atoms with Gasteiger partial charge in [0.2, 0.25) is 5.91 Å². The Labute approximate surface area is 241 Å².